The highest BCUT2D eigenvalue weighted by atomic mass is 14.9. The van der Waals surface area contributed by atoms with Crippen molar-refractivity contribution in [2.75, 3.05) is 0 Å². The molecule has 0 unspecified atom stereocenters. The second kappa shape index (κ2) is 13.5. The van der Waals surface area contributed by atoms with Crippen molar-refractivity contribution in [3.05, 3.63) is 216 Å². The Kier molecular flexibility index (Phi) is 7.96. The maximum Gasteiger partial charge on any atom is 0.160 e. The average molecular weight is 793 g/mol. The lowest BCUT2D eigenvalue weighted by Crippen LogP contribution is -2.15. The lowest BCUT2D eigenvalue weighted by molar-refractivity contribution is 0.661. The van der Waals surface area contributed by atoms with Crippen LogP contribution in [-0.2, 0) is 10.8 Å². The van der Waals surface area contributed by atoms with Crippen LogP contribution in [0.25, 0.3) is 100.0 Å². The van der Waals surface area contributed by atoms with Gasteiger partial charge in [-0.05, 0) is 113 Å². The van der Waals surface area contributed by atoms with Gasteiger partial charge in [-0.3, -0.25) is 0 Å². The third-order valence-corrected chi connectivity index (χ3v) is 13.9. The van der Waals surface area contributed by atoms with Gasteiger partial charge in [0.05, 0.1) is 11.4 Å². The summed E-state index contributed by atoms with van der Waals surface area (Å²) < 4.78 is 0. The fourth-order valence-corrected chi connectivity index (χ4v) is 10.6. The third-order valence-electron chi connectivity index (χ3n) is 13.9. The van der Waals surface area contributed by atoms with Gasteiger partial charge in [-0.15, -0.1) is 0 Å². The van der Waals surface area contributed by atoms with E-state index in [-0.39, 0.29) is 10.8 Å². The zero-order chi connectivity index (χ0) is 41.7. The zero-order valence-electron chi connectivity index (χ0n) is 35.4. The van der Waals surface area contributed by atoms with Crippen LogP contribution in [0.4, 0.5) is 0 Å². The molecule has 1 heterocycles. The predicted octanol–water partition coefficient (Wildman–Crippen LogP) is 15.7. The second-order valence-corrected chi connectivity index (χ2v) is 18.1. The van der Waals surface area contributed by atoms with E-state index in [2.05, 4.69) is 216 Å². The first-order valence-corrected chi connectivity index (χ1v) is 21.7. The van der Waals surface area contributed by atoms with E-state index in [1.165, 1.54) is 88.3 Å². The Morgan fingerprint density at radius 3 is 1.55 bits per heavy atom. The van der Waals surface area contributed by atoms with E-state index >= 15 is 0 Å². The molecule has 0 spiro atoms. The first-order chi connectivity index (χ1) is 30.2. The zero-order valence-corrected chi connectivity index (χ0v) is 35.4. The lowest BCUT2D eigenvalue weighted by atomic mass is 9.80. The minimum Gasteiger partial charge on any atom is -0.228 e. The molecule has 0 saturated heterocycles. The van der Waals surface area contributed by atoms with E-state index in [0.29, 0.717) is 5.82 Å². The molecule has 10 aromatic rings. The van der Waals surface area contributed by atoms with Crippen LogP contribution in [0.3, 0.4) is 0 Å². The molecule has 1 aromatic heterocycles. The summed E-state index contributed by atoms with van der Waals surface area (Å²) in [5, 5.41) is 5.14. The molecule has 0 N–H and O–H groups in total. The molecular formula is C60H44N2. The summed E-state index contributed by atoms with van der Waals surface area (Å²) in [5.41, 5.74) is 20.5. The molecule has 0 atom stereocenters. The van der Waals surface area contributed by atoms with Crippen LogP contribution in [0.1, 0.15) is 49.9 Å². The van der Waals surface area contributed by atoms with Crippen molar-refractivity contribution in [2.24, 2.45) is 0 Å². The summed E-state index contributed by atoms with van der Waals surface area (Å²) in [6.45, 7) is 9.44. The minimum absolute atomic E-state index is 0.0904. The van der Waals surface area contributed by atoms with Gasteiger partial charge < -0.3 is 0 Å². The number of nitrogens with zero attached hydrogens (tertiary/aromatic N) is 2. The van der Waals surface area contributed by atoms with Gasteiger partial charge in [-0.25, -0.2) is 9.97 Å². The van der Waals surface area contributed by atoms with Crippen LogP contribution in [0, 0.1) is 0 Å². The van der Waals surface area contributed by atoms with Gasteiger partial charge in [0, 0.05) is 27.5 Å². The largest absolute Gasteiger partial charge is 0.228 e. The number of rotatable bonds is 5. The highest BCUT2D eigenvalue weighted by Crippen LogP contribution is 2.54. The molecule has 2 nitrogen and oxygen atoms in total. The molecule has 2 heteroatoms. The monoisotopic (exact) mass is 792 g/mol. The Labute approximate surface area is 363 Å². The van der Waals surface area contributed by atoms with Gasteiger partial charge in [-0.1, -0.05) is 198 Å². The molecule has 0 aliphatic heterocycles. The first kappa shape index (κ1) is 36.4. The van der Waals surface area contributed by atoms with Crippen LogP contribution in [-0.4, -0.2) is 9.97 Å². The second-order valence-electron chi connectivity index (χ2n) is 18.1. The number of fused-ring (bicyclic) bond motifs is 9. The molecule has 12 rings (SSSR count). The molecule has 2 aliphatic carbocycles. The van der Waals surface area contributed by atoms with Gasteiger partial charge in [0.1, 0.15) is 0 Å². The molecule has 0 radical (unpaired) electrons. The molecule has 0 fully saturated rings. The van der Waals surface area contributed by atoms with Gasteiger partial charge in [0.2, 0.25) is 0 Å². The van der Waals surface area contributed by atoms with Crippen molar-refractivity contribution in [2.45, 2.75) is 38.5 Å². The van der Waals surface area contributed by atoms with Gasteiger partial charge in [0.25, 0.3) is 0 Å². The molecule has 0 saturated carbocycles. The van der Waals surface area contributed by atoms with Crippen molar-refractivity contribution >= 4 is 21.5 Å². The van der Waals surface area contributed by atoms with E-state index in [0.717, 1.165) is 28.1 Å². The SMILES string of the molecule is CC1(C)c2cc3ccccc3cc2-c2c(-c3ccc(-c4cc(-c5ccc(-c6cc7c(c8ccccc68)-c6ccccc6C7(C)C)cc5)nc(-c5ccccc5)n4)cc3)cccc21. The standard InChI is InChI=1S/C60H44N2/c1-59(2)50-23-13-12-21-47(50)57-46-20-11-10-19-45(46)48(35-53(57)59)38-27-31-40(32-28-38)55-36-54(61-58(62-55)41-15-6-5-7-16-41)39-29-25-37(26-30-39)44-22-14-24-51-56(44)49-33-42-17-8-9-18-43(42)34-52(49)60(51,3)4/h5-36H,1-4H3. The maximum absolute atomic E-state index is 5.19. The fraction of sp³-hybridized carbons (Fsp3) is 0.100. The van der Waals surface area contributed by atoms with E-state index in [4.69, 9.17) is 9.97 Å². The summed E-state index contributed by atoms with van der Waals surface area (Å²) in [6.07, 6.45) is 0. The Bertz CT molecular complexity index is 3430. The highest BCUT2D eigenvalue weighted by molar-refractivity contribution is 6.09. The smallest absolute Gasteiger partial charge is 0.160 e. The maximum atomic E-state index is 5.19. The number of benzene rings is 9. The molecule has 9 aromatic carbocycles. The van der Waals surface area contributed by atoms with Crippen molar-refractivity contribution in [3.8, 4) is 78.4 Å². The van der Waals surface area contributed by atoms with Crippen molar-refractivity contribution in [3.63, 3.8) is 0 Å². The predicted molar refractivity (Wildman–Crippen MR) is 259 cm³/mol. The quantitative estimate of drug-likeness (QED) is 0.173. The molecule has 0 amide bonds. The Morgan fingerprint density at radius 1 is 0.306 bits per heavy atom. The summed E-state index contributed by atoms with van der Waals surface area (Å²) in [5.74, 6) is 0.713. The lowest BCUT2D eigenvalue weighted by Gasteiger charge is -2.23. The van der Waals surface area contributed by atoms with E-state index in [9.17, 15) is 0 Å². The average Bonchev–Trinajstić information content (AvgIpc) is 3.69. The van der Waals surface area contributed by atoms with E-state index < -0.39 is 0 Å². The Morgan fingerprint density at radius 2 is 0.839 bits per heavy atom. The van der Waals surface area contributed by atoms with Gasteiger partial charge >= 0.3 is 0 Å². The Balaban J connectivity index is 0.934. The van der Waals surface area contributed by atoms with Crippen LogP contribution in [0.15, 0.2) is 194 Å². The fourth-order valence-electron chi connectivity index (χ4n) is 10.6. The number of hydrogen-bond donors (Lipinski definition) is 0. The number of hydrogen-bond acceptors (Lipinski definition) is 2. The first-order valence-electron chi connectivity index (χ1n) is 21.7. The van der Waals surface area contributed by atoms with Crippen LogP contribution >= 0.6 is 0 Å². The van der Waals surface area contributed by atoms with E-state index in [1.54, 1.807) is 0 Å². The highest BCUT2D eigenvalue weighted by Gasteiger charge is 2.38. The van der Waals surface area contributed by atoms with Gasteiger partial charge in [-0.2, -0.15) is 0 Å². The van der Waals surface area contributed by atoms with E-state index in [1.807, 2.05) is 6.07 Å². The summed E-state index contributed by atoms with van der Waals surface area (Å²) >= 11 is 0. The molecule has 62 heavy (non-hydrogen) atoms. The van der Waals surface area contributed by atoms with Crippen LogP contribution in [0.2, 0.25) is 0 Å². The Hall–Kier alpha value is -7.42. The van der Waals surface area contributed by atoms with Crippen molar-refractivity contribution in [1.29, 1.82) is 0 Å². The van der Waals surface area contributed by atoms with Crippen molar-refractivity contribution in [1.82, 2.24) is 9.97 Å². The van der Waals surface area contributed by atoms with Gasteiger partial charge in [0.15, 0.2) is 5.82 Å². The summed E-state index contributed by atoms with van der Waals surface area (Å²) in [6, 6.07) is 71.0. The molecule has 0 bridgehead atoms. The summed E-state index contributed by atoms with van der Waals surface area (Å²) in [4.78, 5) is 10.4. The normalized spacial score (nSPS) is 14.1. The molecule has 2 aliphatic rings. The topological polar surface area (TPSA) is 25.8 Å². The molecular weight excluding hydrogens is 749 g/mol. The van der Waals surface area contributed by atoms with Crippen molar-refractivity contribution < 1.29 is 0 Å². The van der Waals surface area contributed by atoms with Crippen LogP contribution < -0.4 is 0 Å². The number of aromatic nitrogens is 2. The minimum atomic E-state index is -0.0908. The van der Waals surface area contributed by atoms with Crippen LogP contribution in [0.5, 0.6) is 0 Å². The third kappa shape index (κ3) is 5.49. The molecule has 294 valence electrons. The summed E-state index contributed by atoms with van der Waals surface area (Å²) in [7, 11) is 0.